The highest BCUT2D eigenvalue weighted by Crippen LogP contribution is 2.31. The van der Waals surface area contributed by atoms with Crippen LogP contribution in [0.15, 0.2) is 57.2 Å². The SMILES string of the molecule is C[C@H](CO)Nc1nc(Nc2ccc(/[SH](=O)=N/CCN3CCCCC3)cc2)ncc1-c1cccs1. The number of nitrogens with zero attached hydrogens (tertiary/aromatic N) is 4. The van der Waals surface area contributed by atoms with Gasteiger partial charge in [0.15, 0.2) is 0 Å². The molecule has 4 rings (SSSR count). The van der Waals surface area contributed by atoms with Crippen LogP contribution in [0.5, 0.6) is 0 Å². The first-order chi connectivity index (χ1) is 16.6. The molecular formula is C24H32N6O2S2. The standard InChI is InChI=1S/C24H32N6O2S2/c1-18(17-31)27-23-21(22-6-5-15-33-22)16-25-24(29-23)28-19-7-9-20(10-8-19)34(32)26-11-14-30-12-3-2-4-13-30/h5-10,15-16,18,31,34H,2-4,11-14,17H2,1H3,(H2,25,27,28,29)/t18-/m1/s1. The number of nitrogens with one attached hydrogen (secondary N) is 2. The van der Waals surface area contributed by atoms with E-state index in [4.69, 9.17) is 0 Å². The van der Waals surface area contributed by atoms with Crippen LogP contribution < -0.4 is 10.6 Å². The van der Waals surface area contributed by atoms with Gasteiger partial charge in [-0.2, -0.15) is 4.98 Å². The highest BCUT2D eigenvalue weighted by molar-refractivity contribution is 7.75. The maximum absolute atomic E-state index is 12.6. The van der Waals surface area contributed by atoms with E-state index in [0.717, 1.165) is 35.8 Å². The van der Waals surface area contributed by atoms with E-state index in [2.05, 4.69) is 29.9 Å². The van der Waals surface area contributed by atoms with Crippen molar-refractivity contribution in [3.63, 3.8) is 0 Å². The number of piperidine rings is 1. The van der Waals surface area contributed by atoms with Crippen molar-refractivity contribution in [1.29, 1.82) is 0 Å². The third-order valence-electron chi connectivity index (χ3n) is 5.67. The molecule has 0 spiro atoms. The second kappa shape index (κ2) is 12.3. The smallest absolute Gasteiger partial charge is 0.229 e. The molecule has 1 aliphatic heterocycles. The lowest BCUT2D eigenvalue weighted by atomic mass is 10.1. The van der Waals surface area contributed by atoms with Gasteiger partial charge in [0.05, 0.1) is 29.3 Å². The first kappa shape index (κ1) is 24.6. The van der Waals surface area contributed by atoms with E-state index in [1.807, 2.05) is 48.7 Å². The van der Waals surface area contributed by atoms with E-state index < -0.39 is 10.6 Å². The van der Waals surface area contributed by atoms with Crippen LogP contribution >= 0.6 is 11.3 Å². The average molecular weight is 501 g/mol. The predicted molar refractivity (Wildman–Crippen MR) is 141 cm³/mol. The number of rotatable bonds is 10. The fourth-order valence-electron chi connectivity index (χ4n) is 3.79. The average Bonchev–Trinajstić information content (AvgIpc) is 3.40. The topological polar surface area (TPSA) is 103 Å². The Bertz CT molecular complexity index is 1120. The Morgan fingerprint density at radius 3 is 2.71 bits per heavy atom. The Morgan fingerprint density at radius 2 is 2.00 bits per heavy atom. The van der Waals surface area contributed by atoms with Gasteiger partial charge in [0.25, 0.3) is 0 Å². The number of hydrogen-bond acceptors (Lipinski definition) is 9. The van der Waals surface area contributed by atoms with E-state index in [-0.39, 0.29) is 12.6 Å². The third kappa shape index (κ3) is 6.75. The lowest BCUT2D eigenvalue weighted by Gasteiger charge is -2.25. The van der Waals surface area contributed by atoms with Gasteiger partial charge in [0.1, 0.15) is 5.82 Å². The Morgan fingerprint density at radius 1 is 1.21 bits per heavy atom. The summed E-state index contributed by atoms with van der Waals surface area (Å²) in [5, 5.41) is 17.9. The summed E-state index contributed by atoms with van der Waals surface area (Å²) in [7, 11) is -1.76. The van der Waals surface area contributed by atoms with E-state index in [0.29, 0.717) is 23.2 Å². The van der Waals surface area contributed by atoms with Gasteiger partial charge in [-0.05, 0) is 68.6 Å². The largest absolute Gasteiger partial charge is 0.394 e. The van der Waals surface area contributed by atoms with Gasteiger partial charge < -0.3 is 20.6 Å². The number of anilines is 3. The number of aliphatic hydroxyl groups excluding tert-OH is 1. The summed E-state index contributed by atoms with van der Waals surface area (Å²) in [5.74, 6) is 1.10. The van der Waals surface area contributed by atoms with Crippen LogP contribution in [0.25, 0.3) is 10.4 Å². The van der Waals surface area contributed by atoms with E-state index >= 15 is 0 Å². The van der Waals surface area contributed by atoms with E-state index in [9.17, 15) is 9.32 Å². The summed E-state index contributed by atoms with van der Waals surface area (Å²) in [4.78, 5) is 13.3. The second-order valence-electron chi connectivity index (χ2n) is 8.37. The van der Waals surface area contributed by atoms with Crippen LogP contribution in [-0.2, 0) is 10.6 Å². The van der Waals surface area contributed by atoms with Crippen molar-refractivity contribution < 1.29 is 9.32 Å². The minimum absolute atomic E-state index is 0.000626. The van der Waals surface area contributed by atoms with Gasteiger partial charge in [0.2, 0.25) is 5.95 Å². The number of aliphatic hydroxyl groups is 1. The molecule has 34 heavy (non-hydrogen) atoms. The zero-order chi connectivity index (χ0) is 23.8. The summed E-state index contributed by atoms with van der Waals surface area (Å²) < 4.78 is 17.0. The molecule has 8 nitrogen and oxygen atoms in total. The summed E-state index contributed by atoms with van der Waals surface area (Å²) in [6.45, 7) is 5.62. The lowest BCUT2D eigenvalue weighted by molar-refractivity contribution is 0.235. The summed E-state index contributed by atoms with van der Waals surface area (Å²) in [6.07, 6.45) is 5.59. The molecule has 3 aromatic rings. The summed E-state index contributed by atoms with van der Waals surface area (Å²) in [5.41, 5.74) is 1.69. The molecule has 0 bridgehead atoms. The quantitative estimate of drug-likeness (QED) is 0.309. The summed E-state index contributed by atoms with van der Waals surface area (Å²) >= 11 is 1.61. The Hall–Kier alpha value is -2.53. The Balaban J connectivity index is 1.41. The fraction of sp³-hybridized carbons (Fsp3) is 0.417. The Labute approximate surface area is 206 Å². The minimum Gasteiger partial charge on any atom is -0.394 e. The van der Waals surface area contributed by atoms with Crippen LogP contribution in [0.3, 0.4) is 0 Å². The van der Waals surface area contributed by atoms with Crippen molar-refractivity contribution in [2.45, 2.75) is 37.1 Å². The molecule has 1 aromatic carbocycles. The molecule has 10 heteroatoms. The van der Waals surface area contributed by atoms with Crippen molar-refractivity contribution in [2.24, 2.45) is 4.36 Å². The van der Waals surface area contributed by atoms with E-state index in [1.165, 1.54) is 19.3 Å². The molecule has 2 aromatic heterocycles. The van der Waals surface area contributed by atoms with E-state index in [1.54, 1.807) is 17.5 Å². The van der Waals surface area contributed by atoms with Crippen LogP contribution in [0.4, 0.5) is 17.5 Å². The molecule has 3 N–H and O–H groups in total. The number of benzene rings is 1. The maximum Gasteiger partial charge on any atom is 0.229 e. The predicted octanol–water partition coefficient (Wildman–Crippen LogP) is 4.25. The Kier molecular flexibility index (Phi) is 8.86. The fourth-order valence-corrected chi connectivity index (χ4v) is 5.36. The number of aromatic nitrogens is 2. The molecule has 1 fully saturated rings. The second-order valence-corrected chi connectivity index (χ2v) is 10.7. The van der Waals surface area contributed by atoms with Gasteiger partial charge in [-0.1, -0.05) is 12.5 Å². The first-order valence-corrected chi connectivity index (χ1v) is 13.7. The molecule has 0 aliphatic carbocycles. The highest BCUT2D eigenvalue weighted by Gasteiger charge is 2.13. The molecular weight excluding hydrogens is 468 g/mol. The molecule has 3 heterocycles. The van der Waals surface area contributed by atoms with Crippen molar-refractivity contribution >= 4 is 39.4 Å². The van der Waals surface area contributed by atoms with Crippen molar-refractivity contribution in [1.82, 2.24) is 14.9 Å². The molecule has 1 unspecified atom stereocenters. The lowest BCUT2D eigenvalue weighted by Crippen LogP contribution is -2.31. The van der Waals surface area contributed by atoms with Crippen LogP contribution in [0.2, 0.25) is 0 Å². The molecule has 0 amide bonds. The van der Waals surface area contributed by atoms with Crippen molar-refractivity contribution in [3.8, 4) is 10.4 Å². The van der Waals surface area contributed by atoms with Crippen LogP contribution in [0, 0.1) is 0 Å². The van der Waals surface area contributed by atoms with Crippen LogP contribution in [-0.4, -0.2) is 63.0 Å². The van der Waals surface area contributed by atoms with Gasteiger partial charge in [-0.3, -0.25) is 0 Å². The number of hydrogen-bond donors (Lipinski definition) is 4. The normalized spacial score (nSPS) is 16.3. The number of thiophene rings is 1. The minimum atomic E-state index is -1.76. The summed E-state index contributed by atoms with van der Waals surface area (Å²) in [6, 6.07) is 11.2. The zero-order valence-corrected chi connectivity index (χ0v) is 21.1. The number of likely N-dealkylation sites (tertiary alicyclic amines) is 1. The van der Waals surface area contributed by atoms with Crippen LogP contribution in [0.1, 0.15) is 26.2 Å². The molecule has 1 saturated heterocycles. The first-order valence-electron chi connectivity index (χ1n) is 11.6. The van der Waals surface area contributed by atoms with Gasteiger partial charge in [-0.25, -0.2) is 13.6 Å². The van der Waals surface area contributed by atoms with Crippen molar-refractivity contribution in [2.75, 3.05) is 43.4 Å². The van der Waals surface area contributed by atoms with Crippen molar-refractivity contribution in [3.05, 3.63) is 48.0 Å². The molecule has 0 radical (unpaired) electrons. The van der Waals surface area contributed by atoms with Gasteiger partial charge >= 0.3 is 0 Å². The molecule has 0 saturated carbocycles. The molecule has 182 valence electrons. The number of thiol groups is 1. The molecule has 2 atom stereocenters. The molecule has 1 aliphatic rings. The monoisotopic (exact) mass is 500 g/mol. The maximum atomic E-state index is 12.6. The van der Waals surface area contributed by atoms with Gasteiger partial charge in [-0.15, -0.1) is 11.3 Å². The van der Waals surface area contributed by atoms with Gasteiger partial charge in [0, 0.05) is 34.2 Å². The highest BCUT2D eigenvalue weighted by atomic mass is 32.2. The third-order valence-corrected chi connectivity index (χ3v) is 7.77. The zero-order valence-electron chi connectivity index (χ0n) is 19.4.